The minimum atomic E-state index is 0.221. The lowest BCUT2D eigenvalue weighted by Gasteiger charge is -1.99. The van der Waals surface area contributed by atoms with E-state index in [1.807, 2.05) is 30.3 Å². The number of carbonyl (C=O) groups is 1. The van der Waals surface area contributed by atoms with Gasteiger partial charge >= 0.3 is 0 Å². The van der Waals surface area contributed by atoms with Gasteiger partial charge in [0, 0.05) is 18.8 Å². The van der Waals surface area contributed by atoms with Gasteiger partial charge in [0.1, 0.15) is 11.6 Å². The van der Waals surface area contributed by atoms with Crippen LogP contribution in [0.15, 0.2) is 42.7 Å². The Balaban J connectivity index is 1.80. The van der Waals surface area contributed by atoms with Crippen molar-refractivity contribution in [2.45, 2.75) is 19.3 Å². The number of aryl methyl sites for hydroxylation is 1. The number of aromatic amines is 1. The molecule has 0 saturated heterocycles. The number of aromatic nitrogens is 2. The van der Waals surface area contributed by atoms with Crippen molar-refractivity contribution >= 4 is 5.78 Å². The lowest BCUT2D eigenvalue weighted by molar-refractivity contribution is -0.118. The monoisotopic (exact) mass is 214 g/mol. The number of H-pyrrole nitrogens is 1. The molecule has 0 spiro atoms. The highest BCUT2D eigenvalue weighted by molar-refractivity contribution is 5.80. The van der Waals surface area contributed by atoms with Crippen LogP contribution < -0.4 is 0 Å². The first-order valence-electron chi connectivity index (χ1n) is 5.38. The van der Waals surface area contributed by atoms with Crippen molar-refractivity contribution in [2.24, 2.45) is 0 Å². The smallest absolute Gasteiger partial charge is 0.140 e. The fourth-order valence-electron chi connectivity index (χ4n) is 1.60. The molecule has 0 aliphatic rings. The minimum Gasteiger partial charge on any atom is -0.348 e. The van der Waals surface area contributed by atoms with Gasteiger partial charge in [0.15, 0.2) is 0 Å². The van der Waals surface area contributed by atoms with E-state index in [2.05, 4.69) is 9.97 Å². The summed E-state index contributed by atoms with van der Waals surface area (Å²) < 4.78 is 0. The van der Waals surface area contributed by atoms with E-state index in [0.717, 1.165) is 12.2 Å². The molecule has 0 aliphatic heterocycles. The fraction of sp³-hybridized carbons (Fsp3) is 0.231. The standard InChI is InChI=1S/C13H14N2O/c16-12(10-13-14-8-9-15-13)7-6-11-4-2-1-3-5-11/h1-5,8-9H,6-7,10H2,(H,14,15). The van der Waals surface area contributed by atoms with E-state index in [-0.39, 0.29) is 5.78 Å². The van der Waals surface area contributed by atoms with Gasteiger partial charge in [0.25, 0.3) is 0 Å². The molecule has 0 bridgehead atoms. The second-order valence-corrected chi connectivity index (χ2v) is 3.74. The van der Waals surface area contributed by atoms with E-state index < -0.39 is 0 Å². The van der Waals surface area contributed by atoms with Crippen LogP contribution in [0.2, 0.25) is 0 Å². The first-order valence-corrected chi connectivity index (χ1v) is 5.38. The zero-order valence-corrected chi connectivity index (χ0v) is 9.02. The van der Waals surface area contributed by atoms with Crippen molar-refractivity contribution in [3.63, 3.8) is 0 Å². The Hall–Kier alpha value is -1.90. The topological polar surface area (TPSA) is 45.8 Å². The Morgan fingerprint density at radius 3 is 2.75 bits per heavy atom. The van der Waals surface area contributed by atoms with Crippen molar-refractivity contribution in [1.29, 1.82) is 0 Å². The number of Topliss-reactive ketones (excluding diaryl/α,β-unsaturated/α-hetero) is 1. The normalized spacial score (nSPS) is 10.2. The molecular weight excluding hydrogens is 200 g/mol. The van der Waals surface area contributed by atoms with Gasteiger partial charge in [-0.1, -0.05) is 30.3 Å². The first kappa shape index (κ1) is 10.6. The highest BCUT2D eigenvalue weighted by atomic mass is 16.1. The van der Waals surface area contributed by atoms with Crippen LogP contribution in [0.25, 0.3) is 0 Å². The van der Waals surface area contributed by atoms with Gasteiger partial charge in [-0.3, -0.25) is 4.79 Å². The third-order valence-corrected chi connectivity index (χ3v) is 2.45. The van der Waals surface area contributed by atoms with Crippen molar-refractivity contribution < 1.29 is 4.79 Å². The van der Waals surface area contributed by atoms with Crippen LogP contribution in [0.3, 0.4) is 0 Å². The van der Waals surface area contributed by atoms with Gasteiger partial charge in [0.05, 0.1) is 6.42 Å². The summed E-state index contributed by atoms with van der Waals surface area (Å²) >= 11 is 0. The number of rotatable bonds is 5. The van der Waals surface area contributed by atoms with Gasteiger partial charge in [-0.15, -0.1) is 0 Å². The van der Waals surface area contributed by atoms with Gasteiger partial charge in [-0.05, 0) is 12.0 Å². The molecule has 0 saturated carbocycles. The van der Waals surface area contributed by atoms with Crippen molar-refractivity contribution in [3.05, 3.63) is 54.1 Å². The zero-order valence-electron chi connectivity index (χ0n) is 9.02. The van der Waals surface area contributed by atoms with E-state index >= 15 is 0 Å². The van der Waals surface area contributed by atoms with Crippen LogP contribution in [-0.2, 0) is 17.6 Å². The van der Waals surface area contributed by atoms with Crippen LogP contribution >= 0.6 is 0 Å². The van der Waals surface area contributed by atoms with E-state index in [1.165, 1.54) is 5.56 Å². The average Bonchev–Trinajstić information content (AvgIpc) is 2.81. The van der Waals surface area contributed by atoms with Gasteiger partial charge in [0.2, 0.25) is 0 Å². The number of hydrogen-bond acceptors (Lipinski definition) is 2. The predicted molar refractivity (Wildman–Crippen MR) is 62.1 cm³/mol. The lowest BCUT2D eigenvalue weighted by atomic mass is 10.1. The summed E-state index contributed by atoms with van der Waals surface area (Å²) in [6.07, 6.45) is 5.19. The van der Waals surface area contributed by atoms with Crippen LogP contribution in [0, 0.1) is 0 Å². The summed E-state index contributed by atoms with van der Waals surface area (Å²) in [5, 5.41) is 0. The fourth-order valence-corrected chi connectivity index (χ4v) is 1.60. The predicted octanol–water partition coefficient (Wildman–Crippen LogP) is 2.15. The average molecular weight is 214 g/mol. The Morgan fingerprint density at radius 1 is 1.25 bits per heavy atom. The minimum absolute atomic E-state index is 0.221. The number of ketones is 1. The highest BCUT2D eigenvalue weighted by Crippen LogP contribution is 2.04. The van der Waals surface area contributed by atoms with E-state index in [1.54, 1.807) is 12.4 Å². The molecule has 3 nitrogen and oxygen atoms in total. The van der Waals surface area contributed by atoms with E-state index in [0.29, 0.717) is 12.8 Å². The first-order chi connectivity index (χ1) is 7.84. The zero-order chi connectivity index (χ0) is 11.2. The van der Waals surface area contributed by atoms with Crippen LogP contribution in [-0.4, -0.2) is 15.8 Å². The molecule has 1 aromatic carbocycles. The summed E-state index contributed by atoms with van der Waals surface area (Å²) in [7, 11) is 0. The quantitative estimate of drug-likeness (QED) is 0.829. The summed E-state index contributed by atoms with van der Waals surface area (Å²) in [5.41, 5.74) is 1.20. The third kappa shape index (κ3) is 3.05. The molecular formula is C13H14N2O. The third-order valence-electron chi connectivity index (χ3n) is 2.45. The van der Waals surface area contributed by atoms with Crippen molar-refractivity contribution in [2.75, 3.05) is 0 Å². The molecule has 2 aromatic rings. The molecule has 1 heterocycles. The number of hydrogen-bond donors (Lipinski definition) is 1. The van der Waals surface area contributed by atoms with Crippen molar-refractivity contribution in [1.82, 2.24) is 9.97 Å². The SMILES string of the molecule is O=C(CCc1ccccc1)Cc1ncc[nH]1. The van der Waals surface area contributed by atoms with Crippen LogP contribution in [0.5, 0.6) is 0 Å². The maximum Gasteiger partial charge on any atom is 0.140 e. The Kier molecular flexibility index (Phi) is 3.49. The largest absolute Gasteiger partial charge is 0.348 e. The maximum absolute atomic E-state index is 11.6. The van der Waals surface area contributed by atoms with Crippen LogP contribution in [0.1, 0.15) is 17.8 Å². The Bertz CT molecular complexity index is 434. The Morgan fingerprint density at radius 2 is 2.06 bits per heavy atom. The molecule has 3 heteroatoms. The second kappa shape index (κ2) is 5.26. The molecule has 1 N–H and O–H groups in total. The van der Waals surface area contributed by atoms with Crippen molar-refractivity contribution in [3.8, 4) is 0 Å². The highest BCUT2D eigenvalue weighted by Gasteiger charge is 2.05. The molecule has 0 aliphatic carbocycles. The number of imidazole rings is 1. The van der Waals surface area contributed by atoms with E-state index in [4.69, 9.17) is 0 Å². The number of nitrogens with zero attached hydrogens (tertiary/aromatic N) is 1. The lowest BCUT2D eigenvalue weighted by Crippen LogP contribution is -2.05. The molecule has 0 radical (unpaired) electrons. The molecule has 16 heavy (non-hydrogen) atoms. The van der Waals surface area contributed by atoms with Gasteiger partial charge in [-0.25, -0.2) is 4.98 Å². The summed E-state index contributed by atoms with van der Waals surface area (Å²) in [4.78, 5) is 18.6. The molecule has 0 unspecified atom stereocenters. The Labute approximate surface area is 94.5 Å². The maximum atomic E-state index is 11.6. The van der Waals surface area contributed by atoms with E-state index in [9.17, 15) is 4.79 Å². The molecule has 0 amide bonds. The summed E-state index contributed by atoms with van der Waals surface area (Å²) in [6.45, 7) is 0. The van der Waals surface area contributed by atoms with Gasteiger partial charge in [-0.2, -0.15) is 0 Å². The molecule has 0 fully saturated rings. The number of benzene rings is 1. The molecule has 1 aromatic heterocycles. The number of carbonyl (C=O) groups excluding carboxylic acids is 1. The number of nitrogens with one attached hydrogen (secondary N) is 1. The second-order valence-electron chi connectivity index (χ2n) is 3.74. The summed E-state index contributed by atoms with van der Waals surface area (Å²) in [5.74, 6) is 0.969. The molecule has 0 atom stereocenters. The molecule has 82 valence electrons. The molecule has 2 rings (SSSR count). The summed E-state index contributed by atoms with van der Waals surface area (Å²) in [6, 6.07) is 10.0. The van der Waals surface area contributed by atoms with Crippen LogP contribution in [0.4, 0.5) is 0 Å². The van der Waals surface area contributed by atoms with Gasteiger partial charge < -0.3 is 4.98 Å².